The van der Waals surface area contributed by atoms with Crippen LogP contribution < -0.4 is 10.6 Å². The Kier molecular flexibility index (Phi) is 4.34. The summed E-state index contributed by atoms with van der Waals surface area (Å²) in [5, 5.41) is 9.21. The highest BCUT2D eigenvalue weighted by Gasteiger charge is 2.06. The molecule has 22 heavy (non-hydrogen) atoms. The summed E-state index contributed by atoms with van der Waals surface area (Å²) in [6.07, 6.45) is 0. The Hall–Kier alpha value is -2.40. The lowest BCUT2D eigenvalue weighted by molar-refractivity contribution is 0.0959. The zero-order valence-corrected chi connectivity index (χ0v) is 13.1. The van der Waals surface area contributed by atoms with Crippen molar-refractivity contribution in [3.8, 4) is 0 Å². The van der Waals surface area contributed by atoms with E-state index in [1.54, 1.807) is 0 Å². The Labute approximate surface area is 133 Å². The van der Waals surface area contributed by atoms with Gasteiger partial charge in [-0.25, -0.2) is 4.98 Å². The summed E-state index contributed by atoms with van der Waals surface area (Å²) in [5.74, 6) is 0.837. The number of aryl methyl sites for hydroxylation is 1. The molecule has 0 aliphatic rings. The van der Waals surface area contributed by atoms with Crippen LogP contribution in [0.15, 0.2) is 47.8 Å². The van der Waals surface area contributed by atoms with Crippen LogP contribution in [0.1, 0.15) is 15.2 Å². The van der Waals surface area contributed by atoms with Gasteiger partial charge in [-0.15, -0.1) is 11.3 Å². The van der Waals surface area contributed by atoms with Gasteiger partial charge >= 0.3 is 0 Å². The van der Waals surface area contributed by atoms with Crippen molar-refractivity contribution in [1.29, 1.82) is 0 Å². The maximum absolute atomic E-state index is 11.8. The summed E-state index contributed by atoms with van der Waals surface area (Å²) in [6.45, 7) is 3.24. The van der Waals surface area contributed by atoms with Gasteiger partial charge < -0.3 is 10.6 Å². The van der Waals surface area contributed by atoms with Crippen molar-refractivity contribution in [2.45, 2.75) is 6.92 Å². The molecule has 0 fully saturated rings. The number of carbonyl (C=O) groups is 1. The van der Waals surface area contributed by atoms with Crippen LogP contribution in [0, 0.1) is 6.92 Å². The van der Waals surface area contributed by atoms with Crippen molar-refractivity contribution in [1.82, 2.24) is 10.3 Å². The number of nitrogens with one attached hydrogen (secondary N) is 2. The van der Waals surface area contributed by atoms with Crippen LogP contribution >= 0.6 is 11.3 Å². The molecule has 0 spiro atoms. The van der Waals surface area contributed by atoms with Crippen LogP contribution in [0.25, 0.3) is 10.9 Å². The fraction of sp³-hybridized carbons (Fsp3) is 0.176. The SMILES string of the molecule is Cc1cc2ccccc2nc1NCCNC(=O)c1cccs1. The first-order chi connectivity index (χ1) is 10.7. The van der Waals surface area contributed by atoms with E-state index in [9.17, 15) is 4.79 Å². The number of hydrogen-bond acceptors (Lipinski definition) is 4. The lowest BCUT2D eigenvalue weighted by atomic mass is 10.1. The van der Waals surface area contributed by atoms with Crippen molar-refractivity contribution < 1.29 is 4.79 Å². The van der Waals surface area contributed by atoms with Gasteiger partial charge in [0, 0.05) is 18.5 Å². The van der Waals surface area contributed by atoms with E-state index in [-0.39, 0.29) is 5.91 Å². The third-order valence-corrected chi connectivity index (χ3v) is 4.23. The topological polar surface area (TPSA) is 54.0 Å². The van der Waals surface area contributed by atoms with E-state index >= 15 is 0 Å². The normalized spacial score (nSPS) is 10.6. The molecule has 0 radical (unpaired) electrons. The molecule has 3 rings (SSSR count). The number of fused-ring (bicyclic) bond motifs is 1. The maximum Gasteiger partial charge on any atom is 0.261 e. The van der Waals surface area contributed by atoms with E-state index in [4.69, 9.17) is 0 Å². The number of thiophene rings is 1. The molecule has 0 aliphatic heterocycles. The van der Waals surface area contributed by atoms with Crippen LogP contribution in [-0.4, -0.2) is 24.0 Å². The summed E-state index contributed by atoms with van der Waals surface area (Å²) in [5.41, 5.74) is 2.07. The number of pyridine rings is 1. The first-order valence-electron chi connectivity index (χ1n) is 7.16. The minimum absolute atomic E-state index is 0.0278. The summed E-state index contributed by atoms with van der Waals surface area (Å²) >= 11 is 1.44. The predicted octanol–water partition coefficient (Wildman–Crippen LogP) is 3.45. The number of carbonyl (C=O) groups excluding carboxylic acids is 1. The second-order valence-electron chi connectivity index (χ2n) is 5.01. The van der Waals surface area contributed by atoms with E-state index in [1.165, 1.54) is 11.3 Å². The fourth-order valence-corrected chi connectivity index (χ4v) is 2.89. The van der Waals surface area contributed by atoms with Gasteiger partial charge in [-0.3, -0.25) is 4.79 Å². The number of hydrogen-bond donors (Lipinski definition) is 2. The van der Waals surface area contributed by atoms with Crippen molar-refractivity contribution in [2.24, 2.45) is 0 Å². The average molecular weight is 311 g/mol. The molecule has 1 amide bonds. The fourth-order valence-electron chi connectivity index (χ4n) is 2.25. The van der Waals surface area contributed by atoms with E-state index < -0.39 is 0 Å². The number of para-hydroxylation sites is 1. The van der Waals surface area contributed by atoms with Crippen molar-refractivity contribution in [3.63, 3.8) is 0 Å². The maximum atomic E-state index is 11.8. The number of benzene rings is 1. The van der Waals surface area contributed by atoms with Gasteiger partial charge in [-0.05, 0) is 36.1 Å². The highest BCUT2D eigenvalue weighted by atomic mass is 32.1. The van der Waals surface area contributed by atoms with Gasteiger partial charge in [0.1, 0.15) is 5.82 Å². The summed E-state index contributed by atoms with van der Waals surface area (Å²) in [7, 11) is 0. The molecule has 2 N–H and O–H groups in total. The average Bonchev–Trinajstić information content (AvgIpc) is 3.06. The monoisotopic (exact) mass is 311 g/mol. The predicted molar refractivity (Wildman–Crippen MR) is 91.6 cm³/mol. The number of rotatable bonds is 5. The second-order valence-corrected chi connectivity index (χ2v) is 5.95. The first-order valence-corrected chi connectivity index (χ1v) is 8.04. The molecular formula is C17H17N3OS. The van der Waals surface area contributed by atoms with Crippen LogP contribution in [0.4, 0.5) is 5.82 Å². The molecule has 1 aromatic carbocycles. The van der Waals surface area contributed by atoms with Gasteiger partial charge in [-0.2, -0.15) is 0 Å². The highest BCUT2D eigenvalue weighted by molar-refractivity contribution is 7.12. The van der Waals surface area contributed by atoms with Gasteiger partial charge in [0.15, 0.2) is 0 Å². The Morgan fingerprint density at radius 1 is 1.18 bits per heavy atom. The van der Waals surface area contributed by atoms with E-state index in [0.29, 0.717) is 13.1 Å². The molecule has 2 aromatic heterocycles. The molecule has 0 atom stereocenters. The highest BCUT2D eigenvalue weighted by Crippen LogP contribution is 2.19. The minimum Gasteiger partial charge on any atom is -0.368 e. The van der Waals surface area contributed by atoms with Crippen LogP contribution in [0.2, 0.25) is 0 Å². The smallest absolute Gasteiger partial charge is 0.261 e. The molecule has 3 aromatic rings. The third kappa shape index (κ3) is 3.26. The van der Waals surface area contributed by atoms with E-state index in [1.807, 2.05) is 42.6 Å². The summed E-state index contributed by atoms with van der Waals surface area (Å²) in [6, 6.07) is 13.9. The molecule has 4 nitrogen and oxygen atoms in total. The summed E-state index contributed by atoms with van der Waals surface area (Å²) < 4.78 is 0. The third-order valence-electron chi connectivity index (χ3n) is 3.36. The number of anilines is 1. The zero-order valence-electron chi connectivity index (χ0n) is 12.3. The zero-order chi connectivity index (χ0) is 15.4. The molecule has 0 saturated heterocycles. The Balaban J connectivity index is 1.57. The van der Waals surface area contributed by atoms with Gasteiger partial charge in [0.25, 0.3) is 5.91 Å². The molecule has 0 unspecified atom stereocenters. The lowest BCUT2D eigenvalue weighted by Crippen LogP contribution is -2.28. The van der Waals surface area contributed by atoms with E-state index in [2.05, 4.69) is 27.8 Å². The van der Waals surface area contributed by atoms with Gasteiger partial charge in [-0.1, -0.05) is 24.3 Å². The quantitative estimate of drug-likeness (QED) is 0.710. The van der Waals surface area contributed by atoms with Crippen LogP contribution in [0.3, 0.4) is 0 Å². The lowest BCUT2D eigenvalue weighted by Gasteiger charge is -2.10. The second kappa shape index (κ2) is 6.58. The summed E-state index contributed by atoms with van der Waals surface area (Å²) in [4.78, 5) is 17.2. The van der Waals surface area contributed by atoms with Crippen molar-refractivity contribution in [3.05, 3.63) is 58.3 Å². The Bertz CT molecular complexity index is 784. The molecular weight excluding hydrogens is 294 g/mol. The Morgan fingerprint density at radius 3 is 2.86 bits per heavy atom. The van der Waals surface area contributed by atoms with Crippen LogP contribution in [0.5, 0.6) is 0 Å². The van der Waals surface area contributed by atoms with Gasteiger partial charge in [0.2, 0.25) is 0 Å². The largest absolute Gasteiger partial charge is 0.368 e. The first kappa shape index (κ1) is 14.5. The molecule has 2 heterocycles. The minimum atomic E-state index is -0.0278. The van der Waals surface area contributed by atoms with E-state index in [0.717, 1.165) is 27.2 Å². The molecule has 0 saturated carbocycles. The molecule has 5 heteroatoms. The molecule has 0 aliphatic carbocycles. The van der Waals surface area contributed by atoms with Crippen molar-refractivity contribution in [2.75, 3.05) is 18.4 Å². The number of aromatic nitrogens is 1. The molecule has 0 bridgehead atoms. The van der Waals surface area contributed by atoms with Gasteiger partial charge in [0.05, 0.1) is 10.4 Å². The standard InChI is InChI=1S/C17H17N3OS/c1-12-11-13-5-2-3-6-14(13)20-16(12)18-8-9-19-17(21)15-7-4-10-22-15/h2-7,10-11H,8-9H2,1H3,(H,18,20)(H,19,21). The molecule has 112 valence electrons. The number of amides is 1. The Morgan fingerprint density at radius 2 is 2.05 bits per heavy atom. The van der Waals surface area contributed by atoms with Crippen molar-refractivity contribution >= 4 is 34.0 Å². The van der Waals surface area contributed by atoms with Crippen LogP contribution in [-0.2, 0) is 0 Å². The number of nitrogens with zero attached hydrogens (tertiary/aromatic N) is 1.